The van der Waals surface area contributed by atoms with E-state index in [-0.39, 0.29) is 11.4 Å². The number of nitrogens with one attached hydrogen (secondary N) is 2. The molecule has 0 fully saturated rings. The highest BCUT2D eigenvalue weighted by atomic mass is 32.2. The number of amides is 1. The van der Waals surface area contributed by atoms with Crippen molar-refractivity contribution < 1.29 is 22.7 Å². The summed E-state index contributed by atoms with van der Waals surface area (Å²) >= 11 is 0. The van der Waals surface area contributed by atoms with E-state index in [4.69, 9.17) is 4.74 Å². The van der Waals surface area contributed by atoms with E-state index in [2.05, 4.69) is 16.6 Å². The highest BCUT2D eigenvalue weighted by Crippen LogP contribution is 2.16. The Morgan fingerprint density at radius 3 is 2.62 bits per heavy atom. The lowest BCUT2D eigenvalue weighted by molar-refractivity contribution is -0.153. The Morgan fingerprint density at radius 1 is 1.33 bits per heavy atom. The molecule has 0 saturated heterocycles. The second-order valence-electron chi connectivity index (χ2n) is 5.26. The number of ether oxygens (including phenoxy) is 1. The minimum Gasteiger partial charge on any atom is -0.452 e. The van der Waals surface area contributed by atoms with Gasteiger partial charge in [-0.3, -0.25) is 9.59 Å². The van der Waals surface area contributed by atoms with Crippen LogP contribution >= 0.6 is 0 Å². The minimum atomic E-state index is -3.84. The second-order valence-corrected chi connectivity index (χ2v) is 6.99. The van der Waals surface area contributed by atoms with Crippen LogP contribution < -0.4 is 10.0 Å². The van der Waals surface area contributed by atoms with Crippen LogP contribution in [0, 0.1) is 13.8 Å². The molecule has 0 saturated carbocycles. The Labute approximate surface area is 142 Å². The molecule has 1 amide bonds. The van der Waals surface area contributed by atoms with Gasteiger partial charge in [0.2, 0.25) is 10.0 Å². The van der Waals surface area contributed by atoms with Gasteiger partial charge in [0.1, 0.15) is 6.54 Å². The molecule has 7 nitrogen and oxygen atoms in total. The molecule has 132 valence electrons. The van der Waals surface area contributed by atoms with Gasteiger partial charge in [0.05, 0.1) is 4.90 Å². The molecule has 1 atom stereocenters. The number of benzene rings is 1. The van der Waals surface area contributed by atoms with Crippen LogP contribution in [0.1, 0.15) is 18.1 Å². The van der Waals surface area contributed by atoms with E-state index in [9.17, 15) is 18.0 Å². The Morgan fingerprint density at radius 2 is 2.00 bits per heavy atom. The largest absolute Gasteiger partial charge is 0.452 e. The average molecular weight is 354 g/mol. The quantitative estimate of drug-likeness (QED) is 0.531. The van der Waals surface area contributed by atoms with Crippen molar-refractivity contribution in [2.45, 2.75) is 31.8 Å². The molecular formula is C16H22N2O5S. The third-order valence-electron chi connectivity index (χ3n) is 3.14. The van der Waals surface area contributed by atoms with Crippen LogP contribution in [0.2, 0.25) is 0 Å². The molecule has 2 N–H and O–H groups in total. The Hall–Kier alpha value is -2.19. The first-order chi connectivity index (χ1) is 11.2. The van der Waals surface area contributed by atoms with Gasteiger partial charge in [0.15, 0.2) is 6.10 Å². The number of rotatable bonds is 8. The van der Waals surface area contributed by atoms with Gasteiger partial charge >= 0.3 is 5.97 Å². The predicted octanol–water partition coefficient (Wildman–Crippen LogP) is 0.816. The number of sulfonamides is 1. The van der Waals surface area contributed by atoms with Crippen molar-refractivity contribution >= 4 is 21.9 Å². The number of hydrogen-bond acceptors (Lipinski definition) is 5. The molecule has 0 spiro atoms. The molecule has 0 aliphatic heterocycles. The highest BCUT2D eigenvalue weighted by Gasteiger charge is 2.21. The summed E-state index contributed by atoms with van der Waals surface area (Å²) in [4.78, 5) is 23.4. The lowest BCUT2D eigenvalue weighted by Gasteiger charge is -2.14. The molecule has 0 aromatic heterocycles. The summed E-state index contributed by atoms with van der Waals surface area (Å²) in [6.45, 7) is 7.98. The zero-order chi connectivity index (χ0) is 18.3. The average Bonchev–Trinajstić information content (AvgIpc) is 2.52. The summed E-state index contributed by atoms with van der Waals surface area (Å²) in [6.07, 6.45) is 0.466. The third-order valence-corrected chi connectivity index (χ3v) is 4.68. The van der Waals surface area contributed by atoms with Gasteiger partial charge in [-0.2, -0.15) is 4.72 Å². The summed E-state index contributed by atoms with van der Waals surface area (Å²) in [5.41, 5.74) is 1.36. The molecular weight excluding hydrogens is 332 g/mol. The number of carbonyl (C=O) groups excluding carboxylic acids is 2. The highest BCUT2D eigenvalue weighted by molar-refractivity contribution is 7.89. The lowest BCUT2D eigenvalue weighted by atomic mass is 10.2. The Kier molecular flexibility index (Phi) is 7.12. The molecule has 0 aliphatic carbocycles. The first-order valence-electron chi connectivity index (χ1n) is 7.32. The topological polar surface area (TPSA) is 102 Å². The molecule has 0 heterocycles. The van der Waals surface area contributed by atoms with Gasteiger partial charge in [0, 0.05) is 6.54 Å². The van der Waals surface area contributed by atoms with Gasteiger partial charge in [0.25, 0.3) is 5.91 Å². The van der Waals surface area contributed by atoms with Crippen LogP contribution in [0.3, 0.4) is 0 Å². The fourth-order valence-electron chi connectivity index (χ4n) is 1.84. The Bertz CT molecular complexity index is 728. The van der Waals surface area contributed by atoms with Crippen molar-refractivity contribution in [1.82, 2.24) is 10.0 Å². The molecule has 1 aromatic carbocycles. The van der Waals surface area contributed by atoms with Gasteiger partial charge < -0.3 is 10.1 Å². The SMILES string of the molecule is C=CCNC(=O)[C@H](C)OC(=O)CNS(=O)(=O)c1cc(C)ccc1C. The number of hydrogen-bond donors (Lipinski definition) is 2. The number of esters is 1. The van der Waals surface area contributed by atoms with E-state index in [1.54, 1.807) is 26.0 Å². The van der Waals surface area contributed by atoms with Gasteiger partial charge in [-0.1, -0.05) is 18.2 Å². The summed E-state index contributed by atoms with van der Waals surface area (Å²) in [5.74, 6) is -1.33. The third kappa shape index (κ3) is 5.78. The van der Waals surface area contributed by atoms with E-state index in [1.165, 1.54) is 19.1 Å². The van der Waals surface area contributed by atoms with Gasteiger partial charge in [-0.25, -0.2) is 8.42 Å². The molecule has 24 heavy (non-hydrogen) atoms. The standard InChI is InChI=1S/C16H22N2O5S/c1-5-8-17-16(20)13(4)23-15(19)10-18-24(21,22)14-9-11(2)6-7-12(14)3/h5-7,9,13,18H,1,8,10H2,2-4H3,(H,17,20)/t13-/m0/s1. The maximum absolute atomic E-state index is 12.3. The normalized spacial score (nSPS) is 12.3. The lowest BCUT2D eigenvalue weighted by Crippen LogP contribution is -2.38. The predicted molar refractivity (Wildman–Crippen MR) is 89.9 cm³/mol. The van der Waals surface area contributed by atoms with Gasteiger partial charge in [-0.05, 0) is 38.0 Å². The van der Waals surface area contributed by atoms with Crippen molar-refractivity contribution in [1.29, 1.82) is 0 Å². The van der Waals surface area contributed by atoms with Crippen molar-refractivity contribution in [3.05, 3.63) is 42.0 Å². The van der Waals surface area contributed by atoms with Crippen LogP contribution in [-0.4, -0.2) is 39.5 Å². The number of carbonyl (C=O) groups is 2. The smallest absolute Gasteiger partial charge is 0.321 e. The molecule has 0 bridgehead atoms. The molecule has 1 aromatic rings. The molecule has 8 heteroatoms. The summed E-state index contributed by atoms with van der Waals surface area (Å²) in [6, 6.07) is 5.01. The first-order valence-corrected chi connectivity index (χ1v) is 8.80. The van der Waals surface area contributed by atoms with Crippen LogP contribution in [0.5, 0.6) is 0 Å². The zero-order valence-corrected chi connectivity index (χ0v) is 14.8. The minimum absolute atomic E-state index is 0.104. The van der Waals surface area contributed by atoms with Crippen molar-refractivity contribution in [3.63, 3.8) is 0 Å². The summed E-state index contributed by atoms with van der Waals surface area (Å²) in [5, 5.41) is 2.48. The fourth-order valence-corrected chi connectivity index (χ4v) is 3.13. The van der Waals surface area contributed by atoms with E-state index >= 15 is 0 Å². The van der Waals surface area contributed by atoms with Crippen LogP contribution in [-0.2, 0) is 24.3 Å². The van der Waals surface area contributed by atoms with Crippen LogP contribution in [0.15, 0.2) is 35.7 Å². The summed E-state index contributed by atoms with van der Waals surface area (Å²) < 4.78 is 31.6. The summed E-state index contributed by atoms with van der Waals surface area (Å²) in [7, 11) is -3.84. The van der Waals surface area contributed by atoms with Crippen molar-refractivity contribution in [2.75, 3.05) is 13.1 Å². The van der Waals surface area contributed by atoms with E-state index in [1.807, 2.05) is 0 Å². The van der Waals surface area contributed by atoms with Gasteiger partial charge in [-0.15, -0.1) is 6.58 Å². The zero-order valence-electron chi connectivity index (χ0n) is 14.0. The fraction of sp³-hybridized carbons (Fsp3) is 0.375. The maximum atomic E-state index is 12.3. The van der Waals surface area contributed by atoms with Crippen LogP contribution in [0.25, 0.3) is 0 Å². The maximum Gasteiger partial charge on any atom is 0.321 e. The van der Waals surface area contributed by atoms with E-state index < -0.39 is 34.5 Å². The van der Waals surface area contributed by atoms with Crippen molar-refractivity contribution in [3.8, 4) is 0 Å². The van der Waals surface area contributed by atoms with E-state index in [0.29, 0.717) is 5.56 Å². The van der Waals surface area contributed by atoms with E-state index in [0.717, 1.165) is 5.56 Å². The first kappa shape index (κ1) is 19.9. The van der Waals surface area contributed by atoms with Crippen molar-refractivity contribution in [2.24, 2.45) is 0 Å². The van der Waals surface area contributed by atoms with Crippen LogP contribution in [0.4, 0.5) is 0 Å². The molecule has 0 aliphatic rings. The second kappa shape index (κ2) is 8.60. The molecule has 1 rings (SSSR count). The number of aryl methyl sites for hydroxylation is 2. The monoisotopic (exact) mass is 354 g/mol. The molecule has 0 radical (unpaired) electrons. The molecule has 0 unspecified atom stereocenters. The Balaban J connectivity index is 2.64.